The van der Waals surface area contributed by atoms with E-state index >= 15 is 0 Å². The van der Waals surface area contributed by atoms with Crippen LogP contribution in [0.5, 0.6) is 0 Å². The molecule has 1 aliphatic heterocycles. The van der Waals surface area contributed by atoms with E-state index in [0.29, 0.717) is 25.5 Å². The number of hydrogen-bond acceptors (Lipinski definition) is 3. The van der Waals surface area contributed by atoms with Crippen LogP contribution in [0.1, 0.15) is 52.4 Å². The maximum Gasteiger partial charge on any atom is 0.220 e. The van der Waals surface area contributed by atoms with Gasteiger partial charge in [0.15, 0.2) is 6.29 Å². The van der Waals surface area contributed by atoms with Crippen LogP contribution in [-0.2, 0) is 14.3 Å². The van der Waals surface area contributed by atoms with Crippen molar-refractivity contribution < 1.29 is 14.3 Å². The Morgan fingerprint density at radius 2 is 2.33 bits per heavy atom. The third-order valence-electron chi connectivity index (χ3n) is 3.32. The van der Waals surface area contributed by atoms with Crippen molar-refractivity contribution in [1.29, 1.82) is 0 Å². The fourth-order valence-electron chi connectivity index (χ4n) is 1.89. The van der Waals surface area contributed by atoms with Gasteiger partial charge in [0, 0.05) is 19.6 Å². The highest BCUT2D eigenvalue weighted by atomic mass is 16.7. The van der Waals surface area contributed by atoms with E-state index in [4.69, 9.17) is 9.47 Å². The molecule has 1 rings (SSSR count). The number of nitrogens with one attached hydrogen (secondary N) is 1. The summed E-state index contributed by atoms with van der Waals surface area (Å²) in [6, 6.07) is 0. The summed E-state index contributed by atoms with van der Waals surface area (Å²) in [6.45, 7) is 6.38. The summed E-state index contributed by atoms with van der Waals surface area (Å²) < 4.78 is 11.1. The topological polar surface area (TPSA) is 47.6 Å². The van der Waals surface area contributed by atoms with Crippen molar-refractivity contribution in [2.24, 2.45) is 5.92 Å². The Morgan fingerprint density at radius 3 is 3.00 bits per heavy atom. The van der Waals surface area contributed by atoms with Crippen LogP contribution in [0, 0.1) is 5.92 Å². The quantitative estimate of drug-likeness (QED) is 0.680. The fraction of sp³-hybridized carbons (Fsp3) is 0.929. The van der Waals surface area contributed by atoms with Crippen LogP contribution in [0.15, 0.2) is 0 Å². The molecule has 0 aromatic carbocycles. The fourth-order valence-corrected chi connectivity index (χ4v) is 1.89. The second-order valence-corrected chi connectivity index (χ2v) is 5.09. The van der Waals surface area contributed by atoms with E-state index in [1.165, 1.54) is 6.42 Å². The van der Waals surface area contributed by atoms with E-state index in [2.05, 4.69) is 19.2 Å². The molecule has 18 heavy (non-hydrogen) atoms. The second kappa shape index (κ2) is 9.34. The molecule has 2 atom stereocenters. The molecule has 1 amide bonds. The van der Waals surface area contributed by atoms with Crippen molar-refractivity contribution in [3.63, 3.8) is 0 Å². The zero-order valence-corrected chi connectivity index (χ0v) is 11.7. The van der Waals surface area contributed by atoms with Crippen LogP contribution < -0.4 is 5.32 Å². The number of hydrogen-bond donors (Lipinski definition) is 1. The zero-order chi connectivity index (χ0) is 13.2. The molecule has 0 aromatic rings. The molecule has 1 aliphatic rings. The average molecular weight is 257 g/mol. The van der Waals surface area contributed by atoms with Gasteiger partial charge in [-0.05, 0) is 31.6 Å². The SMILES string of the molecule is CC[C@@H](C)CC(=O)NCCCO[C@H]1CCCCO1. The molecule has 106 valence electrons. The first kappa shape index (κ1) is 15.4. The van der Waals surface area contributed by atoms with Crippen LogP contribution in [0.25, 0.3) is 0 Å². The van der Waals surface area contributed by atoms with Gasteiger partial charge < -0.3 is 14.8 Å². The molecule has 0 saturated carbocycles. The molecule has 1 N–H and O–H groups in total. The van der Waals surface area contributed by atoms with Crippen molar-refractivity contribution in [3.05, 3.63) is 0 Å². The van der Waals surface area contributed by atoms with Crippen LogP contribution in [-0.4, -0.2) is 32.0 Å². The summed E-state index contributed by atoms with van der Waals surface area (Å²) >= 11 is 0. The Kier molecular flexibility index (Phi) is 8.01. The molecule has 0 aliphatic carbocycles. The van der Waals surface area contributed by atoms with Gasteiger partial charge in [-0.15, -0.1) is 0 Å². The third-order valence-corrected chi connectivity index (χ3v) is 3.32. The molecule has 1 fully saturated rings. The van der Waals surface area contributed by atoms with Gasteiger partial charge in [0.1, 0.15) is 0 Å². The zero-order valence-electron chi connectivity index (χ0n) is 11.7. The molecule has 4 heteroatoms. The van der Waals surface area contributed by atoms with Crippen molar-refractivity contribution in [2.75, 3.05) is 19.8 Å². The van der Waals surface area contributed by atoms with Crippen LogP contribution in [0.2, 0.25) is 0 Å². The minimum atomic E-state index is -0.0189. The smallest absolute Gasteiger partial charge is 0.220 e. The number of carbonyl (C=O) groups is 1. The monoisotopic (exact) mass is 257 g/mol. The highest BCUT2D eigenvalue weighted by Gasteiger charge is 2.13. The van der Waals surface area contributed by atoms with E-state index in [1.54, 1.807) is 0 Å². The van der Waals surface area contributed by atoms with Gasteiger partial charge in [0.05, 0.1) is 6.61 Å². The molecule has 0 radical (unpaired) electrons. The number of carbonyl (C=O) groups excluding carboxylic acids is 1. The molecule has 4 nitrogen and oxygen atoms in total. The van der Waals surface area contributed by atoms with Crippen LogP contribution in [0.4, 0.5) is 0 Å². The Labute approximate surface area is 110 Å². The van der Waals surface area contributed by atoms with Crippen molar-refractivity contribution in [2.45, 2.75) is 58.7 Å². The lowest BCUT2D eigenvalue weighted by Gasteiger charge is -2.22. The first-order valence-corrected chi connectivity index (χ1v) is 7.22. The van der Waals surface area contributed by atoms with Gasteiger partial charge in [-0.25, -0.2) is 0 Å². The molecule has 0 spiro atoms. The standard InChI is InChI=1S/C14H27NO3/c1-3-12(2)11-13(16)15-8-6-10-18-14-7-4-5-9-17-14/h12,14H,3-11H2,1-2H3,(H,15,16)/t12-,14+/m1/s1. The lowest BCUT2D eigenvalue weighted by molar-refractivity contribution is -0.162. The molecule has 0 aromatic heterocycles. The summed E-state index contributed by atoms with van der Waals surface area (Å²) in [6.07, 6.45) is 5.85. The van der Waals surface area contributed by atoms with Crippen LogP contribution in [0.3, 0.4) is 0 Å². The average Bonchev–Trinajstić information content (AvgIpc) is 2.39. The van der Waals surface area contributed by atoms with E-state index < -0.39 is 0 Å². The maximum absolute atomic E-state index is 11.5. The van der Waals surface area contributed by atoms with E-state index in [-0.39, 0.29) is 12.2 Å². The summed E-state index contributed by atoms with van der Waals surface area (Å²) in [5, 5.41) is 2.93. The Hall–Kier alpha value is -0.610. The van der Waals surface area contributed by atoms with E-state index in [9.17, 15) is 4.79 Å². The Bertz CT molecular complexity index is 227. The predicted molar refractivity (Wildman–Crippen MR) is 71.2 cm³/mol. The van der Waals surface area contributed by atoms with Gasteiger partial charge in [0.25, 0.3) is 0 Å². The summed E-state index contributed by atoms with van der Waals surface area (Å²) in [5.41, 5.74) is 0. The van der Waals surface area contributed by atoms with Gasteiger partial charge in [-0.1, -0.05) is 20.3 Å². The van der Waals surface area contributed by atoms with Gasteiger partial charge >= 0.3 is 0 Å². The highest BCUT2D eigenvalue weighted by Crippen LogP contribution is 2.13. The predicted octanol–water partition coefficient (Wildman–Crippen LogP) is 2.47. The minimum absolute atomic E-state index is 0.0189. The van der Waals surface area contributed by atoms with Crippen molar-refractivity contribution in [3.8, 4) is 0 Å². The Balaban J connectivity index is 1.92. The van der Waals surface area contributed by atoms with Gasteiger partial charge in [-0.3, -0.25) is 4.79 Å². The molecular formula is C14H27NO3. The number of amides is 1. The van der Waals surface area contributed by atoms with Gasteiger partial charge in [0.2, 0.25) is 5.91 Å². The third kappa shape index (κ3) is 6.97. The van der Waals surface area contributed by atoms with E-state index in [1.807, 2.05) is 0 Å². The largest absolute Gasteiger partial charge is 0.356 e. The van der Waals surface area contributed by atoms with Crippen molar-refractivity contribution in [1.82, 2.24) is 5.32 Å². The van der Waals surface area contributed by atoms with E-state index in [0.717, 1.165) is 32.3 Å². The van der Waals surface area contributed by atoms with Crippen LogP contribution >= 0.6 is 0 Å². The summed E-state index contributed by atoms with van der Waals surface area (Å²) in [7, 11) is 0. The van der Waals surface area contributed by atoms with Gasteiger partial charge in [-0.2, -0.15) is 0 Å². The lowest BCUT2D eigenvalue weighted by atomic mass is 10.1. The number of ether oxygens (including phenoxy) is 2. The molecule has 0 bridgehead atoms. The minimum Gasteiger partial charge on any atom is -0.356 e. The molecule has 0 unspecified atom stereocenters. The second-order valence-electron chi connectivity index (χ2n) is 5.09. The molecule has 1 heterocycles. The maximum atomic E-state index is 11.5. The molecule has 1 saturated heterocycles. The number of rotatable bonds is 8. The summed E-state index contributed by atoms with van der Waals surface area (Å²) in [5.74, 6) is 0.621. The first-order valence-electron chi connectivity index (χ1n) is 7.22. The molecular weight excluding hydrogens is 230 g/mol. The Morgan fingerprint density at radius 1 is 1.50 bits per heavy atom. The normalized spacial score (nSPS) is 21.6. The lowest BCUT2D eigenvalue weighted by Crippen LogP contribution is -2.28. The van der Waals surface area contributed by atoms with Crippen molar-refractivity contribution >= 4 is 5.91 Å². The highest BCUT2D eigenvalue weighted by molar-refractivity contribution is 5.76. The first-order chi connectivity index (χ1) is 8.72. The summed E-state index contributed by atoms with van der Waals surface area (Å²) in [4.78, 5) is 11.5.